The Labute approximate surface area is 132 Å². The summed E-state index contributed by atoms with van der Waals surface area (Å²) in [5.41, 5.74) is 1.69. The Bertz CT molecular complexity index is 630. The molecule has 0 saturated heterocycles. The van der Waals surface area contributed by atoms with E-state index in [0.717, 1.165) is 5.56 Å². The van der Waals surface area contributed by atoms with Crippen molar-refractivity contribution in [3.8, 4) is 0 Å². The highest BCUT2D eigenvalue weighted by Gasteiger charge is 2.12. The molecule has 0 atom stereocenters. The topological polar surface area (TPSA) is 67.2 Å². The minimum absolute atomic E-state index is 0.132. The van der Waals surface area contributed by atoms with Crippen LogP contribution < -0.4 is 5.32 Å². The molecule has 7 heteroatoms. The molecule has 0 bridgehead atoms. The molecule has 1 aromatic heterocycles. The lowest BCUT2D eigenvalue weighted by Gasteiger charge is -2.09. The number of aliphatic hydroxyl groups excluding tert-OH is 1. The number of amides is 1. The molecule has 1 aromatic carbocycles. The van der Waals surface area contributed by atoms with Gasteiger partial charge in [0.25, 0.3) is 0 Å². The number of aliphatic hydroxyl groups is 1. The lowest BCUT2D eigenvalue weighted by molar-refractivity contribution is -0.121. The number of nitrogens with one attached hydrogen (secondary N) is 1. The minimum atomic E-state index is -0.151. The van der Waals surface area contributed by atoms with Gasteiger partial charge in [-0.15, -0.1) is 0 Å². The van der Waals surface area contributed by atoms with Gasteiger partial charge >= 0.3 is 0 Å². The molecule has 0 unspecified atom stereocenters. The van der Waals surface area contributed by atoms with Gasteiger partial charge in [0.1, 0.15) is 6.54 Å². The van der Waals surface area contributed by atoms with Gasteiger partial charge in [-0.1, -0.05) is 35.5 Å². The molecule has 0 aliphatic rings. The Morgan fingerprint density at radius 2 is 2.33 bits per heavy atom. The molecule has 21 heavy (non-hydrogen) atoms. The first-order valence-corrected chi connectivity index (χ1v) is 7.73. The highest BCUT2D eigenvalue weighted by molar-refractivity contribution is 7.98. The van der Waals surface area contributed by atoms with Gasteiger partial charge in [-0.3, -0.25) is 4.79 Å². The second-order valence-corrected chi connectivity index (χ2v) is 5.75. The van der Waals surface area contributed by atoms with E-state index in [4.69, 9.17) is 11.6 Å². The van der Waals surface area contributed by atoms with E-state index in [-0.39, 0.29) is 19.1 Å². The molecule has 2 N–H and O–H groups in total. The van der Waals surface area contributed by atoms with E-state index in [1.165, 1.54) is 11.8 Å². The molecule has 0 fully saturated rings. The molecule has 5 nitrogen and oxygen atoms in total. The van der Waals surface area contributed by atoms with Crippen LogP contribution in [0.25, 0.3) is 0 Å². The van der Waals surface area contributed by atoms with Crippen molar-refractivity contribution in [1.29, 1.82) is 0 Å². The van der Waals surface area contributed by atoms with E-state index in [1.807, 2.05) is 24.3 Å². The molecular formula is C14H16ClN3O2S. The van der Waals surface area contributed by atoms with Crippen LogP contribution in [0.5, 0.6) is 0 Å². The number of aromatic nitrogens is 2. The summed E-state index contributed by atoms with van der Waals surface area (Å²) >= 11 is 7.46. The van der Waals surface area contributed by atoms with Gasteiger partial charge in [0.05, 0.1) is 18.5 Å². The molecule has 1 amide bonds. The minimum Gasteiger partial charge on any atom is -0.390 e. The van der Waals surface area contributed by atoms with Gasteiger partial charge in [-0.2, -0.15) is 0 Å². The molecule has 0 radical (unpaired) electrons. The van der Waals surface area contributed by atoms with Crippen LogP contribution in [0.2, 0.25) is 5.02 Å². The average molecular weight is 326 g/mol. The first kappa shape index (κ1) is 15.9. The van der Waals surface area contributed by atoms with Crippen LogP contribution in [0.1, 0.15) is 11.3 Å². The summed E-state index contributed by atoms with van der Waals surface area (Å²) in [5, 5.41) is 13.3. The third kappa shape index (κ3) is 4.23. The summed E-state index contributed by atoms with van der Waals surface area (Å²) in [6.45, 7) is -0.00794. The Hall–Kier alpha value is -1.50. The lowest BCUT2D eigenvalue weighted by atomic mass is 10.2. The van der Waals surface area contributed by atoms with Gasteiger partial charge in [0.2, 0.25) is 5.91 Å². The lowest BCUT2D eigenvalue weighted by Crippen LogP contribution is -2.24. The van der Waals surface area contributed by atoms with Crippen LogP contribution in [0.15, 0.2) is 35.6 Å². The van der Waals surface area contributed by atoms with E-state index >= 15 is 0 Å². The van der Waals surface area contributed by atoms with Crippen molar-refractivity contribution in [3.63, 3.8) is 0 Å². The van der Waals surface area contributed by atoms with Crippen LogP contribution in [-0.4, -0.2) is 27.6 Å². The second-order valence-electron chi connectivity index (χ2n) is 4.37. The zero-order valence-corrected chi connectivity index (χ0v) is 13.1. The Morgan fingerprint density at radius 1 is 1.52 bits per heavy atom. The summed E-state index contributed by atoms with van der Waals surface area (Å²) < 4.78 is 1.72. The second kappa shape index (κ2) is 7.49. The van der Waals surface area contributed by atoms with Crippen LogP contribution in [0.3, 0.4) is 0 Å². The number of hydrogen-bond donors (Lipinski definition) is 2. The van der Waals surface area contributed by atoms with Crippen molar-refractivity contribution in [3.05, 3.63) is 46.7 Å². The van der Waals surface area contributed by atoms with Crippen molar-refractivity contribution in [1.82, 2.24) is 14.9 Å². The predicted molar refractivity (Wildman–Crippen MR) is 83.2 cm³/mol. The van der Waals surface area contributed by atoms with Crippen LogP contribution in [-0.2, 0) is 23.7 Å². The van der Waals surface area contributed by atoms with E-state index in [1.54, 1.807) is 17.8 Å². The molecule has 0 saturated carbocycles. The molecule has 112 valence electrons. The molecule has 1 heterocycles. The monoisotopic (exact) mass is 325 g/mol. The Balaban J connectivity index is 2.12. The predicted octanol–water partition coefficient (Wildman–Crippen LogP) is 2.07. The largest absolute Gasteiger partial charge is 0.390 e. The number of rotatable bonds is 6. The summed E-state index contributed by atoms with van der Waals surface area (Å²) in [6.07, 6.45) is 1.59. The van der Waals surface area contributed by atoms with Gasteiger partial charge in [-0.25, -0.2) is 4.98 Å². The fourth-order valence-corrected chi connectivity index (χ4v) is 2.95. The molecular weight excluding hydrogens is 310 g/mol. The molecule has 0 aliphatic carbocycles. The van der Waals surface area contributed by atoms with Crippen LogP contribution in [0.4, 0.5) is 0 Å². The maximum atomic E-state index is 11.6. The number of halogens is 1. The van der Waals surface area contributed by atoms with Gasteiger partial charge in [0, 0.05) is 17.8 Å². The number of carbonyl (C=O) groups is 1. The van der Waals surface area contributed by atoms with Crippen LogP contribution in [0, 0.1) is 0 Å². The normalized spacial score (nSPS) is 10.6. The van der Waals surface area contributed by atoms with E-state index < -0.39 is 0 Å². The number of thioether (sulfide) groups is 1. The summed E-state index contributed by atoms with van der Waals surface area (Å²) in [7, 11) is 1.58. The number of benzene rings is 1. The fourth-order valence-electron chi connectivity index (χ4n) is 1.80. The Morgan fingerprint density at radius 3 is 3.00 bits per heavy atom. The fraction of sp³-hybridized carbons (Fsp3) is 0.286. The van der Waals surface area contributed by atoms with Crippen molar-refractivity contribution < 1.29 is 9.90 Å². The molecule has 2 rings (SSSR count). The van der Waals surface area contributed by atoms with E-state index in [2.05, 4.69) is 10.3 Å². The zero-order chi connectivity index (χ0) is 15.2. The number of nitrogens with zero attached hydrogens (tertiary/aromatic N) is 2. The summed E-state index contributed by atoms with van der Waals surface area (Å²) in [4.78, 5) is 15.8. The first-order valence-electron chi connectivity index (χ1n) is 6.37. The average Bonchev–Trinajstić information content (AvgIpc) is 2.87. The number of imidazole rings is 1. The van der Waals surface area contributed by atoms with Crippen molar-refractivity contribution in [2.45, 2.75) is 24.1 Å². The SMILES string of the molecule is CNC(=O)Cn1c(CO)cnc1SCc1cccc(Cl)c1. The number of hydrogen-bond acceptors (Lipinski definition) is 4. The van der Waals surface area contributed by atoms with Crippen LogP contribution >= 0.6 is 23.4 Å². The number of carbonyl (C=O) groups excluding carboxylic acids is 1. The third-order valence-corrected chi connectivity index (χ3v) is 4.20. The summed E-state index contributed by atoms with van der Waals surface area (Å²) in [6, 6.07) is 7.60. The molecule has 2 aromatic rings. The standard InChI is InChI=1S/C14H16ClN3O2S/c1-16-13(20)7-18-12(8-19)6-17-14(18)21-9-10-3-2-4-11(15)5-10/h2-6,19H,7-9H2,1H3,(H,16,20). The quantitative estimate of drug-likeness (QED) is 0.798. The smallest absolute Gasteiger partial charge is 0.239 e. The van der Waals surface area contributed by atoms with Gasteiger partial charge < -0.3 is 15.0 Å². The highest BCUT2D eigenvalue weighted by atomic mass is 35.5. The number of likely N-dealkylation sites (N-methyl/N-ethyl adjacent to an activating group) is 1. The highest BCUT2D eigenvalue weighted by Crippen LogP contribution is 2.24. The van der Waals surface area contributed by atoms with Crippen molar-refractivity contribution in [2.75, 3.05) is 7.05 Å². The van der Waals surface area contributed by atoms with Gasteiger partial charge in [0.15, 0.2) is 5.16 Å². The Kier molecular flexibility index (Phi) is 5.67. The molecule has 0 aliphatic heterocycles. The first-order chi connectivity index (χ1) is 10.1. The van der Waals surface area contributed by atoms with E-state index in [0.29, 0.717) is 21.6 Å². The van der Waals surface area contributed by atoms with Crippen molar-refractivity contribution >= 4 is 29.3 Å². The third-order valence-electron chi connectivity index (χ3n) is 2.90. The van der Waals surface area contributed by atoms with Crippen molar-refractivity contribution in [2.24, 2.45) is 0 Å². The zero-order valence-electron chi connectivity index (χ0n) is 11.5. The maximum Gasteiger partial charge on any atom is 0.239 e. The van der Waals surface area contributed by atoms with Gasteiger partial charge in [-0.05, 0) is 17.7 Å². The maximum absolute atomic E-state index is 11.6. The molecule has 0 spiro atoms. The summed E-state index contributed by atoms with van der Waals surface area (Å²) in [5.74, 6) is 0.559. The van der Waals surface area contributed by atoms with E-state index in [9.17, 15) is 9.90 Å².